The molecule has 0 saturated carbocycles. The molecule has 4 aromatic carbocycles. The molecule has 0 aliphatic heterocycles. The number of sulfonamides is 1. The zero-order chi connectivity index (χ0) is 28.8. The van der Waals surface area contributed by atoms with Crippen molar-refractivity contribution in [3.05, 3.63) is 132 Å². The molecule has 0 saturated heterocycles. The molecule has 0 aromatic heterocycles. The van der Waals surface area contributed by atoms with Crippen molar-refractivity contribution in [3.8, 4) is 0 Å². The van der Waals surface area contributed by atoms with Crippen LogP contribution in [0.1, 0.15) is 5.56 Å². The predicted octanol–water partition coefficient (Wildman–Crippen LogP) is 4.18. The van der Waals surface area contributed by atoms with Gasteiger partial charge >= 0.3 is 11.9 Å². The first-order chi connectivity index (χ1) is 19.3. The van der Waals surface area contributed by atoms with Gasteiger partial charge in [0.2, 0.25) is 10.0 Å². The number of esters is 1. The summed E-state index contributed by atoms with van der Waals surface area (Å²) in [7, 11) is -4.98. The van der Waals surface area contributed by atoms with Crippen LogP contribution >= 0.6 is 7.26 Å². The number of aliphatic hydroxyl groups is 1. The molecule has 2 N–H and O–H groups in total. The summed E-state index contributed by atoms with van der Waals surface area (Å²) in [6.07, 6.45) is 0. The number of rotatable bonds is 10. The van der Waals surface area contributed by atoms with E-state index in [4.69, 9.17) is 9.47 Å². The molecule has 0 heterocycles. The Morgan fingerprint density at radius 2 is 1.15 bits per heavy atom. The zero-order valence-electron chi connectivity index (χ0n) is 22.4. The number of hydrogen-bond donors (Lipinski definition) is 2. The minimum Gasteiger partial charge on any atom is -0.478 e. The van der Waals surface area contributed by atoms with Gasteiger partial charge in [-0.3, -0.25) is 0 Å². The number of carbonyl (C=O) groups is 1. The summed E-state index contributed by atoms with van der Waals surface area (Å²) < 4.78 is 40.4. The lowest BCUT2D eigenvalue weighted by Gasteiger charge is -2.32. The van der Waals surface area contributed by atoms with Crippen LogP contribution in [-0.4, -0.2) is 39.8 Å². The van der Waals surface area contributed by atoms with Gasteiger partial charge in [0.1, 0.15) is 23.2 Å². The number of aliphatic hydroxyl groups excluding tert-OH is 1. The lowest BCUT2D eigenvalue weighted by atomic mass is 10.2. The maximum Gasteiger partial charge on any atom is 0.332 e. The van der Waals surface area contributed by atoms with Crippen LogP contribution in [0.15, 0.2) is 131 Å². The fourth-order valence-electron chi connectivity index (χ4n) is 4.66. The summed E-state index contributed by atoms with van der Waals surface area (Å²) in [5.74, 6) is -1.48. The van der Waals surface area contributed by atoms with Gasteiger partial charge in [-0.15, -0.1) is 0 Å². The Morgan fingerprint density at radius 3 is 1.52 bits per heavy atom. The van der Waals surface area contributed by atoms with Crippen molar-refractivity contribution in [3.63, 3.8) is 0 Å². The Bertz CT molecular complexity index is 1480. The fourth-order valence-corrected chi connectivity index (χ4v) is 10.4. The summed E-state index contributed by atoms with van der Waals surface area (Å²) in [5.41, 5.74) is 0.878. The highest BCUT2D eigenvalue weighted by molar-refractivity contribution is 7.99. The van der Waals surface area contributed by atoms with Gasteiger partial charge in [-0.2, -0.15) is 4.72 Å². The average Bonchev–Trinajstić information content (AvgIpc) is 2.99. The molecule has 7 nitrogen and oxygen atoms in total. The van der Waals surface area contributed by atoms with E-state index >= 15 is 0 Å². The molecule has 0 bridgehead atoms. The Labute approximate surface area is 235 Å². The second-order valence-corrected chi connectivity index (χ2v) is 14.0. The number of carbonyl (C=O) groups excluding carboxylic acids is 1. The van der Waals surface area contributed by atoms with Crippen molar-refractivity contribution in [2.24, 2.45) is 0 Å². The molecule has 4 aromatic rings. The first-order valence-electron chi connectivity index (χ1n) is 12.5. The van der Waals surface area contributed by atoms with Crippen LogP contribution < -0.4 is 20.6 Å². The topological polar surface area (TPSA) is 102 Å². The predicted molar refractivity (Wildman–Crippen MR) is 159 cm³/mol. The van der Waals surface area contributed by atoms with Crippen LogP contribution in [0, 0.1) is 6.92 Å². The highest BCUT2D eigenvalue weighted by Crippen LogP contribution is 2.64. The molecule has 0 aliphatic rings. The van der Waals surface area contributed by atoms with Gasteiger partial charge in [0, 0.05) is 0 Å². The van der Waals surface area contributed by atoms with E-state index in [0.29, 0.717) is 0 Å². The van der Waals surface area contributed by atoms with Gasteiger partial charge < -0.3 is 14.6 Å². The van der Waals surface area contributed by atoms with Crippen molar-refractivity contribution < 1.29 is 27.8 Å². The molecular formula is C31H31NO6PS+. The number of benzene rings is 4. The van der Waals surface area contributed by atoms with Gasteiger partial charge in [-0.05, 0) is 55.5 Å². The summed E-state index contributed by atoms with van der Waals surface area (Å²) in [6, 6.07) is 32.8. The normalized spacial score (nSPS) is 13.2. The zero-order valence-corrected chi connectivity index (χ0v) is 24.1. The maximum absolute atomic E-state index is 13.7. The fraction of sp³-hybridized carbons (Fsp3) is 0.129. The van der Waals surface area contributed by atoms with Crippen molar-refractivity contribution >= 4 is 39.2 Å². The van der Waals surface area contributed by atoms with E-state index in [-0.39, 0.29) is 10.2 Å². The van der Waals surface area contributed by atoms with E-state index < -0.39 is 35.2 Å². The van der Waals surface area contributed by atoms with Gasteiger partial charge in [0.05, 0.1) is 19.1 Å². The van der Waals surface area contributed by atoms with Crippen LogP contribution in [-0.2, 0) is 24.3 Å². The van der Waals surface area contributed by atoms with Gasteiger partial charge in [0.15, 0.2) is 11.4 Å². The average molecular weight is 577 g/mol. The molecule has 0 spiro atoms. The molecule has 40 heavy (non-hydrogen) atoms. The monoisotopic (exact) mass is 576 g/mol. The molecule has 1 atom stereocenters. The highest BCUT2D eigenvalue weighted by atomic mass is 32.2. The number of aryl methyl sites for hydroxylation is 1. The van der Waals surface area contributed by atoms with E-state index in [1.165, 1.54) is 26.4 Å². The maximum atomic E-state index is 13.7. The third-order valence-corrected chi connectivity index (χ3v) is 12.3. The van der Waals surface area contributed by atoms with E-state index in [9.17, 15) is 18.3 Å². The van der Waals surface area contributed by atoms with Crippen LogP contribution in [0.3, 0.4) is 0 Å². The SMILES string of the molecule is COC(=O)C(NS(=O)(=O)c1ccc(C)cc1)/C(=C(/O)OC)[P+](c1ccccc1)(c1ccccc1)c1ccccc1. The van der Waals surface area contributed by atoms with Gasteiger partial charge in [-0.25, -0.2) is 13.2 Å². The molecule has 0 fully saturated rings. The van der Waals surface area contributed by atoms with E-state index in [1.54, 1.807) is 12.1 Å². The minimum atomic E-state index is -4.26. The molecule has 206 valence electrons. The Morgan fingerprint density at radius 1 is 0.725 bits per heavy atom. The number of nitrogens with one attached hydrogen (secondary N) is 1. The standard InChI is InChI=1S/C31H30NO6PS/c1-23-19-21-27(22-20-23)40(35,36)32-28(30(33)37-2)29(31(34)38-3)39(24-13-7-4-8-14-24,25-15-9-5-10-16-25)26-17-11-6-12-18-26/h4-22,28,32H,1-3H3/p+1/b31-29+. The number of methoxy groups -OCH3 is 2. The lowest BCUT2D eigenvalue weighted by molar-refractivity contribution is -0.141. The second kappa shape index (κ2) is 12.5. The van der Waals surface area contributed by atoms with Crippen LogP contribution in [0.4, 0.5) is 0 Å². The lowest BCUT2D eigenvalue weighted by Crippen LogP contribution is -2.47. The number of hydrogen-bond acceptors (Lipinski definition) is 6. The first-order valence-corrected chi connectivity index (χ1v) is 15.7. The summed E-state index contributed by atoms with van der Waals surface area (Å²) in [6.45, 7) is 1.84. The molecular weight excluding hydrogens is 545 g/mol. The largest absolute Gasteiger partial charge is 0.478 e. The van der Waals surface area contributed by atoms with E-state index in [0.717, 1.165) is 21.5 Å². The Balaban J connectivity index is 2.10. The smallest absolute Gasteiger partial charge is 0.332 e. The highest BCUT2D eigenvalue weighted by Gasteiger charge is 2.57. The van der Waals surface area contributed by atoms with Crippen molar-refractivity contribution in [2.75, 3.05) is 14.2 Å². The van der Waals surface area contributed by atoms with E-state index in [1.807, 2.05) is 97.9 Å². The number of ether oxygens (including phenoxy) is 2. The van der Waals surface area contributed by atoms with Crippen LogP contribution in [0.25, 0.3) is 0 Å². The van der Waals surface area contributed by atoms with Gasteiger partial charge in [-0.1, -0.05) is 72.3 Å². The van der Waals surface area contributed by atoms with Crippen molar-refractivity contribution in [1.82, 2.24) is 4.72 Å². The molecule has 0 radical (unpaired) electrons. The molecule has 4 rings (SSSR count). The third kappa shape index (κ3) is 5.65. The van der Waals surface area contributed by atoms with Crippen LogP contribution in [0.2, 0.25) is 0 Å². The third-order valence-electron chi connectivity index (χ3n) is 6.52. The summed E-state index contributed by atoms with van der Waals surface area (Å²) >= 11 is 0. The van der Waals surface area contributed by atoms with Crippen molar-refractivity contribution in [1.29, 1.82) is 0 Å². The van der Waals surface area contributed by atoms with Crippen molar-refractivity contribution in [2.45, 2.75) is 17.9 Å². The molecule has 1 unspecified atom stereocenters. The minimum absolute atomic E-state index is 0.0358. The van der Waals surface area contributed by atoms with Gasteiger partial charge in [0.25, 0.3) is 0 Å². The molecule has 0 amide bonds. The summed E-state index contributed by atoms with van der Waals surface area (Å²) in [5, 5.41) is 13.9. The quantitative estimate of drug-likeness (QED) is 0.167. The molecule has 0 aliphatic carbocycles. The van der Waals surface area contributed by atoms with E-state index in [2.05, 4.69) is 4.72 Å². The molecule has 9 heteroatoms. The first kappa shape index (κ1) is 29.0. The van der Waals surface area contributed by atoms with Crippen LogP contribution in [0.5, 0.6) is 0 Å². The Kier molecular flexibility index (Phi) is 9.05. The Hall–Kier alpha value is -3.97. The summed E-state index contributed by atoms with van der Waals surface area (Å²) in [4.78, 5) is 13.5. The second-order valence-electron chi connectivity index (χ2n) is 8.96.